The van der Waals surface area contributed by atoms with Crippen LogP contribution in [0.5, 0.6) is 0 Å². The van der Waals surface area contributed by atoms with Gasteiger partial charge in [-0.2, -0.15) is 4.91 Å². The van der Waals surface area contributed by atoms with Gasteiger partial charge in [-0.15, -0.1) is 0 Å². The molecule has 1 heterocycles. The summed E-state index contributed by atoms with van der Waals surface area (Å²) in [5.74, 6) is 0.450. The van der Waals surface area contributed by atoms with Gasteiger partial charge in [-0.05, 0) is 12.5 Å². The zero-order valence-corrected chi connectivity index (χ0v) is 10.9. The van der Waals surface area contributed by atoms with Crippen molar-refractivity contribution in [1.82, 2.24) is 9.97 Å². The van der Waals surface area contributed by atoms with Crippen molar-refractivity contribution >= 4 is 0 Å². The molecule has 1 aromatic carbocycles. The summed E-state index contributed by atoms with van der Waals surface area (Å²) in [4.78, 5) is 18.2. The van der Waals surface area contributed by atoms with E-state index >= 15 is 0 Å². The van der Waals surface area contributed by atoms with Gasteiger partial charge in [0.25, 0.3) is 0 Å². The Morgan fingerprint density at radius 2 is 1.56 bits per heavy atom. The Morgan fingerprint density at radius 1 is 1.00 bits per heavy atom. The van der Waals surface area contributed by atoms with Gasteiger partial charge < -0.3 is 0 Å². The van der Waals surface area contributed by atoms with Gasteiger partial charge >= 0.3 is 0 Å². The van der Waals surface area contributed by atoms with Crippen LogP contribution >= 0.6 is 0 Å². The van der Waals surface area contributed by atoms with Crippen molar-refractivity contribution in [3.63, 3.8) is 0 Å². The maximum Gasteiger partial charge on any atom is 0.153 e. The SMILES string of the molecule is CC.Cc1ccc(-c2cnc(CN=O)nc2)cc1. The predicted molar refractivity (Wildman–Crippen MR) is 73.1 cm³/mol. The highest BCUT2D eigenvalue weighted by Gasteiger charge is 2.00. The Kier molecular flexibility index (Phi) is 5.64. The second kappa shape index (κ2) is 7.27. The third-order valence-electron chi connectivity index (χ3n) is 2.30. The molecular weight excluding hydrogens is 226 g/mol. The van der Waals surface area contributed by atoms with E-state index in [4.69, 9.17) is 0 Å². The summed E-state index contributed by atoms with van der Waals surface area (Å²) in [6.07, 6.45) is 3.41. The first kappa shape index (κ1) is 14.0. The van der Waals surface area contributed by atoms with Gasteiger partial charge in [-0.3, -0.25) is 0 Å². The van der Waals surface area contributed by atoms with Crippen molar-refractivity contribution in [2.75, 3.05) is 0 Å². The quantitative estimate of drug-likeness (QED) is 0.771. The molecule has 0 fully saturated rings. The van der Waals surface area contributed by atoms with Crippen LogP contribution in [0.2, 0.25) is 0 Å². The van der Waals surface area contributed by atoms with Crippen molar-refractivity contribution in [3.05, 3.63) is 53.0 Å². The Bertz CT molecular complexity index is 477. The lowest BCUT2D eigenvalue weighted by Crippen LogP contribution is -1.92. The zero-order chi connectivity index (χ0) is 13.4. The van der Waals surface area contributed by atoms with Gasteiger partial charge in [0.05, 0.1) is 0 Å². The average molecular weight is 243 g/mol. The first-order chi connectivity index (χ1) is 8.79. The second-order valence-corrected chi connectivity index (χ2v) is 3.54. The van der Waals surface area contributed by atoms with Crippen LogP contribution in [0.1, 0.15) is 25.2 Å². The number of benzene rings is 1. The molecule has 0 aliphatic rings. The molecule has 0 bridgehead atoms. The van der Waals surface area contributed by atoms with Gasteiger partial charge in [0, 0.05) is 18.0 Å². The second-order valence-electron chi connectivity index (χ2n) is 3.54. The lowest BCUT2D eigenvalue weighted by Gasteiger charge is -2.01. The molecule has 2 aromatic rings. The fraction of sp³-hybridized carbons (Fsp3) is 0.286. The highest BCUT2D eigenvalue weighted by Crippen LogP contribution is 2.17. The standard InChI is InChI=1S/C12H11N3O.C2H6/c1-9-2-4-10(5-3-9)11-6-13-12(8-15-16)14-7-11;1-2/h2-7H,8H2,1H3;1-2H3. The molecule has 0 saturated carbocycles. The van der Waals surface area contributed by atoms with Crippen molar-refractivity contribution in [1.29, 1.82) is 0 Å². The third-order valence-corrected chi connectivity index (χ3v) is 2.30. The summed E-state index contributed by atoms with van der Waals surface area (Å²) < 4.78 is 0. The van der Waals surface area contributed by atoms with Crippen LogP contribution in [0.4, 0.5) is 0 Å². The molecule has 0 aliphatic heterocycles. The van der Waals surface area contributed by atoms with Crippen LogP contribution in [-0.2, 0) is 6.54 Å². The van der Waals surface area contributed by atoms with E-state index in [2.05, 4.69) is 15.1 Å². The first-order valence-corrected chi connectivity index (χ1v) is 5.96. The maximum atomic E-state index is 10.0. The summed E-state index contributed by atoms with van der Waals surface area (Å²) in [5, 5.41) is 2.74. The van der Waals surface area contributed by atoms with E-state index in [0.717, 1.165) is 11.1 Å². The van der Waals surface area contributed by atoms with E-state index in [1.165, 1.54) is 5.56 Å². The Labute approximate surface area is 107 Å². The molecule has 0 radical (unpaired) electrons. The Morgan fingerprint density at radius 3 is 2.06 bits per heavy atom. The molecule has 0 N–H and O–H groups in total. The lowest BCUT2D eigenvalue weighted by molar-refractivity contribution is 0.904. The lowest BCUT2D eigenvalue weighted by atomic mass is 10.1. The number of hydrogen-bond acceptors (Lipinski definition) is 4. The highest BCUT2D eigenvalue weighted by molar-refractivity contribution is 5.61. The van der Waals surface area contributed by atoms with Crippen molar-refractivity contribution < 1.29 is 0 Å². The monoisotopic (exact) mass is 243 g/mol. The summed E-state index contributed by atoms with van der Waals surface area (Å²) in [6, 6.07) is 8.11. The normalized spacial score (nSPS) is 9.28. The van der Waals surface area contributed by atoms with Crippen LogP contribution in [0, 0.1) is 11.8 Å². The minimum absolute atomic E-state index is 0.0220. The van der Waals surface area contributed by atoms with E-state index in [-0.39, 0.29) is 6.54 Å². The number of hydrogen-bond donors (Lipinski definition) is 0. The van der Waals surface area contributed by atoms with Crippen LogP contribution in [0.25, 0.3) is 11.1 Å². The summed E-state index contributed by atoms with van der Waals surface area (Å²) in [5.41, 5.74) is 3.22. The van der Waals surface area contributed by atoms with Crippen molar-refractivity contribution in [2.45, 2.75) is 27.3 Å². The third kappa shape index (κ3) is 3.73. The molecule has 1 aromatic heterocycles. The molecule has 0 unspecified atom stereocenters. The first-order valence-electron chi connectivity index (χ1n) is 5.96. The topological polar surface area (TPSA) is 55.2 Å². The fourth-order valence-electron chi connectivity index (χ4n) is 1.39. The number of nitrogens with zero attached hydrogens (tertiary/aromatic N) is 3. The number of aromatic nitrogens is 2. The van der Waals surface area contributed by atoms with Gasteiger partial charge in [-0.1, -0.05) is 48.9 Å². The van der Waals surface area contributed by atoms with Crippen LogP contribution in [-0.4, -0.2) is 9.97 Å². The van der Waals surface area contributed by atoms with E-state index < -0.39 is 0 Å². The maximum absolute atomic E-state index is 10.0. The molecule has 18 heavy (non-hydrogen) atoms. The predicted octanol–water partition coefficient (Wildman–Crippen LogP) is 3.74. The molecule has 0 atom stereocenters. The van der Waals surface area contributed by atoms with Crippen LogP contribution < -0.4 is 0 Å². The van der Waals surface area contributed by atoms with Crippen molar-refractivity contribution in [3.8, 4) is 11.1 Å². The van der Waals surface area contributed by atoms with E-state index in [0.29, 0.717) is 5.82 Å². The van der Waals surface area contributed by atoms with Gasteiger partial charge in [0.1, 0.15) is 6.54 Å². The summed E-state index contributed by atoms with van der Waals surface area (Å²) >= 11 is 0. The molecule has 0 saturated heterocycles. The highest BCUT2D eigenvalue weighted by atomic mass is 16.3. The molecule has 2 rings (SSSR count). The smallest absolute Gasteiger partial charge is 0.153 e. The van der Waals surface area contributed by atoms with Gasteiger partial charge in [0.2, 0.25) is 0 Å². The number of rotatable bonds is 3. The van der Waals surface area contributed by atoms with Crippen LogP contribution in [0.15, 0.2) is 41.8 Å². The van der Waals surface area contributed by atoms with Gasteiger partial charge in [0.15, 0.2) is 5.82 Å². The number of aryl methyl sites for hydroxylation is 1. The van der Waals surface area contributed by atoms with E-state index in [1.807, 2.05) is 45.0 Å². The number of nitroso groups, excluding NO2 is 1. The average Bonchev–Trinajstić information content (AvgIpc) is 2.43. The molecule has 94 valence electrons. The largest absolute Gasteiger partial charge is 0.239 e. The molecule has 4 heteroatoms. The van der Waals surface area contributed by atoms with Gasteiger partial charge in [-0.25, -0.2) is 9.97 Å². The molecular formula is C14H17N3O. The molecule has 0 amide bonds. The van der Waals surface area contributed by atoms with E-state index in [1.54, 1.807) is 12.4 Å². The minimum Gasteiger partial charge on any atom is -0.239 e. The minimum atomic E-state index is 0.0220. The Balaban J connectivity index is 0.000000771. The summed E-state index contributed by atoms with van der Waals surface area (Å²) in [6.45, 7) is 6.06. The molecule has 0 aliphatic carbocycles. The Hall–Kier alpha value is -2.10. The van der Waals surface area contributed by atoms with Crippen molar-refractivity contribution in [2.24, 2.45) is 5.18 Å². The fourth-order valence-corrected chi connectivity index (χ4v) is 1.39. The molecule has 0 spiro atoms. The zero-order valence-electron chi connectivity index (χ0n) is 10.9. The summed E-state index contributed by atoms with van der Waals surface area (Å²) in [7, 11) is 0. The molecule has 4 nitrogen and oxygen atoms in total. The van der Waals surface area contributed by atoms with Crippen LogP contribution in [0.3, 0.4) is 0 Å². The van der Waals surface area contributed by atoms with E-state index in [9.17, 15) is 4.91 Å².